The largest absolute Gasteiger partial charge is 0.497 e. The number of methoxy groups -OCH3 is 2. The lowest BCUT2D eigenvalue weighted by atomic mass is 10.1. The number of nitrogens with zero attached hydrogens (tertiary/aromatic N) is 2. The predicted octanol–water partition coefficient (Wildman–Crippen LogP) is 9.45. The molecule has 20 heteroatoms. The van der Waals surface area contributed by atoms with Crippen molar-refractivity contribution in [3.8, 4) is 23.0 Å². The summed E-state index contributed by atoms with van der Waals surface area (Å²) in [5.74, 6) is -5.01. The van der Waals surface area contributed by atoms with Gasteiger partial charge in [-0.25, -0.2) is 19.2 Å². The third-order valence-corrected chi connectivity index (χ3v) is 9.17. The molecule has 0 spiro atoms. The van der Waals surface area contributed by atoms with Gasteiger partial charge in [0.25, 0.3) is 0 Å². The minimum Gasteiger partial charge on any atom is -0.497 e. The van der Waals surface area contributed by atoms with Crippen molar-refractivity contribution in [3.05, 3.63) is 155 Å². The molecule has 5 aromatic rings. The Labute approximate surface area is 388 Å². The highest BCUT2D eigenvalue weighted by Crippen LogP contribution is 2.34. The fourth-order valence-corrected chi connectivity index (χ4v) is 5.69. The number of aliphatic carboxylic acids is 4. The number of halogens is 6. The van der Waals surface area contributed by atoms with Gasteiger partial charge in [0.2, 0.25) is 0 Å². The molecule has 368 valence electrons. The van der Waals surface area contributed by atoms with Gasteiger partial charge in [-0.05, 0) is 111 Å². The topological polar surface area (TPSA) is 193 Å². The molecule has 5 aromatic carbocycles. The molecule has 2 unspecified atom stereocenters. The maximum atomic E-state index is 12.8. The Morgan fingerprint density at radius 1 is 0.485 bits per heavy atom. The van der Waals surface area contributed by atoms with Gasteiger partial charge in [-0.15, -0.1) is 0 Å². The van der Waals surface area contributed by atoms with Crippen molar-refractivity contribution < 1.29 is 84.9 Å². The van der Waals surface area contributed by atoms with E-state index in [2.05, 4.69) is 17.0 Å². The molecule has 0 radical (unpaired) electrons. The van der Waals surface area contributed by atoms with E-state index in [9.17, 15) is 26.3 Å². The van der Waals surface area contributed by atoms with E-state index in [4.69, 9.17) is 58.6 Å². The Bertz CT molecular complexity index is 2230. The molecule has 2 atom stereocenters. The van der Waals surface area contributed by atoms with Gasteiger partial charge in [-0.3, -0.25) is 0 Å². The van der Waals surface area contributed by atoms with Crippen molar-refractivity contribution in [1.29, 1.82) is 0 Å². The van der Waals surface area contributed by atoms with Crippen LogP contribution in [-0.4, -0.2) is 103 Å². The second kappa shape index (κ2) is 28.0. The molecule has 0 aromatic heterocycles. The summed E-state index contributed by atoms with van der Waals surface area (Å²) >= 11 is 0. The van der Waals surface area contributed by atoms with Crippen LogP contribution < -0.4 is 18.9 Å². The summed E-state index contributed by atoms with van der Waals surface area (Å²) in [5, 5.41) is 29.6. The third kappa shape index (κ3) is 21.8. The Balaban J connectivity index is 0.000000381. The van der Waals surface area contributed by atoms with Crippen molar-refractivity contribution in [3.63, 3.8) is 0 Å². The SMILES string of the molecule is COc1ccc(C(CCN(C)C)Oc2ccc(C(F)(F)F)cc2)cc1.COc1ccc(C(CCN(C)Cc2ccccc2)Oc2ccc(C(F)(F)F)cc2)cc1.O=C(O)C(=O)O.O=C(O)C(=O)O. The van der Waals surface area contributed by atoms with Crippen molar-refractivity contribution >= 4 is 23.9 Å². The molecule has 4 N–H and O–H groups in total. The number of hydrogen-bond acceptors (Lipinski definition) is 10. The minimum absolute atomic E-state index is 0.259. The van der Waals surface area contributed by atoms with Crippen molar-refractivity contribution in [2.45, 2.75) is 43.9 Å². The number of alkyl halides is 6. The van der Waals surface area contributed by atoms with Gasteiger partial charge in [0.1, 0.15) is 35.2 Å². The molecule has 0 fully saturated rings. The average Bonchev–Trinajstić information content (AvgIpc) is 3.30. The highest BCUT2D eigenvalue weighted by Gasteiger charge is 2.31. The Kier molecular flexibility index (Phi) is 23.4. The summed E-state index contributed by atoms with van der Waals surface area (Å²) in [5.41, 5.74) is 1.73. The van der Waals surface area contributed by atoms with Gasteiger partial charge in [0.05, 0.1) is 25.3 Å². The quantitative estimate of drug-likeness (QED) is 0.0540. The van der Waals surface area contributed by atoms with Crippen LogP contribution in [0.1, 0.15) is 52.9 Å². The highest BCUT2D eigenvalue weighted by atomic mass is 19.4. The van der Waals surface area contributed by atoms with Crippen LogP contribution in [0.25, 0.3) is 0 Å². The molecule has 0 aliphatic carbocycles. The summed E-state index contributed by atoms with van der Waals surface area (Å²) < 4.78 is 99.0. The zero-order chi connectivity index (χ0) is 51.0. The number of rotatable bonds is 16. The number of ether oxygens (including phenoxy) is 4. The maximum absolute atomic E-state index is 12.8. The van der Waals surface area contributed by atoms with E-state index in [0.717, 1.165) is 66.5 Å². The van der Waals surface area contributed by atoms with Crippen molar-refractivity contribution in [1.82, 2.24) is 9.80 Å². The number of carboxylic acid groups (broad SMARTS) is 4. The van der Waals surface area contributed by atoms with Crippen LogP contribution in [0.15, 0.2) is 127 Å². The fraction of sp³-hybridized carbons (Fsp3) is 0.292. The molecule has 5 rings (SSSR count). The van der Waals surface area contributed by atoms with Crippen LogP contribution in [0.5, 0.6) is 23.0 Å². The average molecular weight is 963 g/mol. The Morgan fingerprint density at radius 2 is 0.809 bits per heavy atom. The van der Waals surface area contributed by atoms with Crippen LogP contribution in [0.4, 0.5) is 26.3 Å². The molecule has 0 saturated carbocycles. The van der Waals surface area contributed by atoms with Gasteiger partial charge in [0, 0.05) is 32.5 Å². The molecule has 0 amide bonds. The summed E-state index contributed by atoms with van der Waals surface area (Å²) in [4.78, 5) is 40.6. The molecule has 14 nitrogen and oxygen atoms in total. The van der Waals surface area contributed by atoms with E-state index >= 15 is 0 Å². The Hall–Kier alpha value is -7.32. The molecule has 0 aliphatic rings. The summed E-state index contributed by atoms with van der Waals surface area (Å²) in [7, 11) is 9.16. The van der Waals surface area contributed by atoms with Gasteiger partial charge < -0.3 is 49.2 Å². The summed E-state index contributed by atoms with van der Waals surface area (Å²) in [6, 6.07) is 34.8. The number of carboxylic acids is 4. The van der Waals surface area contributed by atoms with Crippen LogP contribution in [0.3, 0.4) is 0 Å². The zero-order valence-electron chi connectivity index (χ0n) is 37.5. The van der Waals surface area contributed by atoms with Crippen LogP contribution >= 0.6 is 0 Å². The lowest BCUT2D eigenvalue weighted by Gasteiger charge is -2.24. The first-order valence-electron chi connectivity index (χ1n) is 20.2. The van der Waals surface area contributed by atoms with Gasteiger partial charge in [0.15, 0.2) is 0 Å². The molecule has 0 saturated heterocycles. The van der Waals surface area contributed by atoms with Gasteiger partial charge in [-0.1, -0.05) is 54.6 Å². The van der Waals surface area contributed by atoms with Crippen LogP contribution in [0, 0.1) is 0 Å². The van der Waals surface area contributed by atoms with E-state index in [1.54, 1.807) is 14.2 Å². The number of hydrogen-bond donors (Lipinski definition) is 4. The van der Waals surface area contributed by atoms with E-state index in [1.807, 2.05) is 92.8 Å². The summed E-state index contributed by atoms with van der Waals surface area (Å²) in [6.07, 6.45) is -7.89. The monoisotopic (exact) mass is 962 g/mol. The summed E-state index contributed by atoms with van der Waals surface area (Å²) in [6.45, 7) is 2.35. The van der Waals surface area contributed by atoms with Crippen molar-refractivity contribution in [2.75, 3.05) is 48.5 Å². The number of carbonyl (C=O) groups is 4. The third-order valence-electron chi connectivity index (χ3n) is 9.17. The molecule has 0 heterocycles. The Morgan fingerprint density at radius 3 is 1.10 bits per heavy atom. The molecule has 0 bridgehead atoms. The first kappa shape index (κ1) is 56.8. The first-order valence-corrected chi connectivity index (χ1v) is 20.2. The second-order valence-electron chi connectivity index (χ2n) is 14.6. The fourth-order valence-electron chi connectivity index (χ4n) is 5.69. The standard InChI is InChI=1S/C25H26F3NO2.C19H22F3NO2.2C2H2O4/c1-29(18-19-6-4-3-5-7-19)17-16-24(20-8-12-22(30-2)13-9-20)31-23-14-10-21(11-15-23)25(26,27)28;1-23(2)13-12-18(14-4-8-16(24-3)9-5-14)25-17-10-6-15(7-11-17)19(20,21)22;2*3-1(4)2(5)6/h3-15,24H,16-18H2,1-2H3;4-11,18H,12-13H2,1-3H3;2*(H,3,4)(H,5,6). The predicted molar refractivity (Wildman–Crippen MR) is 237 cm³/mol. The van der Waals surface area contributed by atoms with E-state index < -0.39 is 47.4 Å². The lowest BCUT2D eigenvalue weighted by Crippen LogP contribution is -2.22. The highest BCUT2D eigenvalue weighted by molar-refractivity contribution is 6.27. The maximum Gasteiger partial charge on any atom is 0.416 e. The normalized spacial score (nSPS) is 11.8. The van der Waals surface area contributed by atoms with Gasteiger partial charge in [-0.2, -0.15) is 26.3 Å². The van der Waals surface area contributed by atoms with E-state index in [-0.39, 0.29) is 12.2 Å². The smallest absolute Gasteiger partial charge is 0.416 e. The van der Waals surface area contributed by atoms with Crippen LogP contribution in [0.2, 0.25) is 0 Å². The number of benzene rings is 5. The lowest BCUT2D eigenvalue weighted by molar-refractivity contribution is -0.159. The van der Waals surface area contributed by atoms with E-state index in [1.165, 1.54) is 29.8 Å². The second-order valence-corrected chi connectivity index (χ2v) is 14.6. The first-order chi connectivity index (χ1) is 31.9. The van der Waals surface area contributed by atoms with Gasteiger partial charge >= 0.3 is 36.2 Å². The molecule has 68 heavy (non-hydrogen) atoms. The van der Waals surface area contributed by atoms with E-state index in [0.29, 0.717) is 24.3 Å². The zero-order valence-corrected chi connectivity index (χ0v) is 37.5. The van der Waals surface area contributed by atoms with Crippen LogP contribution in [-0.2, 0) is 38.1 Å². The van der Waals surface area contributed by atoms with Crippen molar-refractivity contribution in [2.24, 2.45) is 0 Å². The minimum atomic E-state index is -4.37. The molecule has 0 aliphatic heterocycles. The molecular weight excluding hydrogens is 911 g/mol. The molecular formula is C48H52F6N2O12.